The average Bonchev–Trinajstić information content (AvgIpc) is 3.27. The van der Waals surface area contributed by atoms with Gasteiger partial charge in [0.05, 0.1) is 11.1 Å². The molecule has 0 radical (unpaired) electrons. The zero-order valence-corrected chi connectivity index (χ0v) is 19.4. The number of furan rings is 1. The monoisotopic (exact) mass is 480 g/mol. The number of benzene rings is 2. The molecule has 2 amide bonds. The van der Waals surface area contributed by atoms with Gasteiger partial charge in [0.15, 0.2) is 0 Å². The summed E-state index contributed by atoms with van der Waals surface area (Å²) in [5.41, 5.74) is 3.65. The summed E-state index contributed by atoms with van der Waals surface area (Å²) in [6.45, 7) is 5.46. The summed E-state index contributed by atoms with van der Waals surface area (Å²) in [4.78, 5) is 35.9. The number of nitro benzene ring substituents is 1. The number of halogens is 1. The molecule has 2 aromatic carbocycles. The van der Waals surface area contributed by atoms with Crippen molar-refractivity contribution in [2.45, 2.75) is 33.2 Å². The van der Waals surface area contributed by atoms with Crippen molar-refractivity contribution in [3.8, 4) is 11.3 Å². The summed E-state index contributed by atoms with van der Waals surface area (Å²) < 4.78 is 18.8. The third kappa shape index (κ3) is 6.59. The van der Waals surface area contributed by atoms with Gasteiger partial charge in [-0.3, -0.25) is 19.7 Å². The fourth-order valence-electron chi connectivity index (χ4n) is 3.44. The highest BCUT2D eigenvalue weighted by molar-refractivity contribution is 5.97. The number of carbonyl (C=O) groups excluding carboxylic acids is 2. The molecular formula is C25H25FN4O5. The minimum absolute atomic E-state index is 0.0136. The molecule has 0 bridgehead atoms. The maximum atomic E-state index is 13.1. The Morgan fingerprint density at radius 3 is 2.51 bits per heavy atom. The quantitative estimate of drug-likeness (QED) is 0.263. The lowest BCUT2D eigenvalue weighted by Gasteiger charge is -2.19. The van der Waals surface area contributed by atoms with Crippen LogP contribution in [0.3, 0.4) is 0 Å². The Hall–Kier alpha value is -4.34. The normalized spacial score (nSPS) is 12.0. The first-order valence-corrected chi connectivity index (χ1v) is 10.9. The molecule has 0 unspecified atom stereocenters. The van der Waals surface area contributed by atoms with Gasteiger partial charge in [0.2, 0.25) is 0 Å². The van der Waals surface area contributed by atoms with E-state index < -0.39 is 28.6 Å². The van der Waals surface area contributed by atoms with E-state index in [0.29, 0.717) is 29.1 Å². The second-order valence-electron chi connectivity index (χ2n) is 8.31. The Balaban J connectivity index is 1.67. The maximum Gasteiger partial charge on any atom is 0.273 e. The molecule has 1 atom stereocenters. The number of carbonyl (C=O) groups is 2. The molecule has 3 rings (SSSR count). The minimum atomic E-state index is -0.857. The van der Waals surface area contributed by atoms with Crippen LogP contribution in [0.25, 0.3) is 11.3 Å². The van der Waals surface area contributed by atoms with Gasteiger partial charge in [-0.1, -0.05) is 26.0 Å². The van der Waals surface area contributed by atoms with Crippen molar-refractivity contribution in [3.63, 3.8) is 0 Å². The van der Waals surface area contributed by atoms with E-state index in [1.165, 1.54) is 36.5 Å². The Bertz CT molecular complexity index is 1250. The van der Waals surface area contributed by atoms with E-state index in [9.17, 15) is 24.1 Å². The van der Waals surface area contributed by atoms with Crippen molar-refractivity contribution in [3.05, 3.63) is 87.4 Å². The van der Waals surface area contributed by atoms with Crippen molar-refractivity contribution in [2.24, 2.45) is 11.0 Å². The largest absolute Gasteiger partial charge is 0.455 e. The van der Waals surface area contributed by atoms with Crippen LogP contribution in [0.4, 0.5) is 10.1 Å². The molecule has 0 aliphatic heterocycles. The molecule has 0 aliphatic carbocycles. The third-order valence-electron chi connectivity index (χ3n) is 5.20. The van der Waals surface area contributed by atoms with E-state index >= 15 is 0 Å². The summed E-state index contributed by atoms with van der Waals surface area (Å²) in [7, 11) is 0. The average molecular weight is 480 g/mol. The van der Waals surface area contributed by atoms with Crippen LogP contribution in [0.5, 0.6) is 0 Å². The Labute approximate surface area is 201 Å². The van der Waals surface area contributed by atoms with Crippen LogP contribution in [0.1, 0.15) is 41.9 Å². The Morgan fingerprint density at radius 1 is 1.14 bits per heavy atom. The number of hydrogen-bond donors (Lipinski definition) is 2. The fourth-order valence-corrected chi connectivity index (χ4v) is 3.44. The van der Waals surface area contributed by atoms with Gasteiger partial charge in [0.1, 0.15) is 23.4 Å². The SMILES string of the molecule is Cc1c(-c2ccc(/C=N\NC(=O)[C@@H](CC(C)C)NC(=O)c3ccc(F)cc3)o2)cccc1[N+](=O)[O-]. The standard InChI is InChI=1S/C25H25FN4O5/c1-15(2)13-21(28-24(31)17-7-9-18(26)10-8-17)25(32)29-27-14-19-11-12-23(35-19)20-5-4-6-22(16(20)3)30(33)34/h4-12,14-15,21H,13H2,1-3H3,(H,28,31)(H,29,32)/b27-14-/t21-/m1/s1. The highest BCUT2D eigenvalue weighted by Gasteiger charge is 2.22. The molecule has 0 fully saturated rings. The second kappa shape index (κ2) is 11.2. The van der Waals surface area contributed by atoms with Crippen LogP contribution in [0, 0.1) is 28.8 Å². The first-order chi connectivity index (χ1) is 16.7. The van der Waals surface area contributed by atoms with Gasteiger partial charge in [-0.25, -0.2) is 9.82 Å². The van der Waals surface area contributed by atoms with E-state index in [2.05, 4.69) is 15.8 Å². The van der Waals surface area contributed by atoms with Crippen LogP contribution >= 0.6 is 0 Å². The lowest BCUT2D eigenvalue weighted by Crippen LogP contribution is -2.46. The van der Waals surface area contributed by atoms with Gasteiger partial charge in [-0.2, -0.15) is 5.10 Å². The number of amides is 2. The molecule has 35 heavy (non-hydrogen) atoms. The highest BCUT2D eigenvalue weighted by Crippen LogP contribution is 2.30. The first-order valence-electron chi connectivity index (χ1n) is 10.9. The molecule has 2 N–H and O–H groups in total. The van der Waals surface area contributed by atoms with Crippen molar-refractivity contribution < 1.29 is 23.3 Å². The van der Waals surface area contributed by atoms with Crippen LogP contribution in [0.2, 0.25) is 0 Å². The molecule has 9 nitrogen and oxygen atoms in total. The van der Waals surface area contributed by atoms with E-state index in [-0.39, 0.29) is 17.2 Å². The third-order valence-corrected chi connectivity index (χ3v) is 5.20. The Morgan fingerprint density at radius 2 is 1.86 bits per heavy atom. The highest BCUT2D eigenvalue weighted by atomic mass is 19.1. The summed E-state index contributed by atoms with van der Waals surface area (Å²) in [5, 5.41) is 17.7. The van der Waals surface area contributed by atoms with E-state index in [1.54, 1.807) is 31.2 Å². The number of rotatable bonds is 9. The predicted octanol–water partition coefficient (Wildman–Crippen LogP) is 4.60. The summed E-state index contributed by atoms with van der Waals surface area (Å²) in [6, 6.07) is 12.1. The predicted molar refractivity (Wildman–Crippen MR) is 128 cm³/mol. The van der Waals surface area contributed by atoms with Gasteiger partial charge < -0.3 is 9.73 Å². The summed E-state index contributed by atoms with van der Waals surface area (Å²) in [6.07, 6.45) is 1.66. The number of hydrogen-bond acceptors (Lipinski definition) is 6. The molecule has 182 valence electrons. The van der Waals surface area contributed by atoms with E-state index in [1.807, 2.05) is 13.8 Å². The van der Waals surface area contributed by atoms with Gasteiger partial charge in [-0.15, -0.1) is 0 Å². The number of nitrogens with one attached hydrogen (secondary N) is 2. The van der Waals surface area contributed by atoms with Crippen LogP contribution in [-0.2, 0) is 4.79 Å². The molecule has 1 aromatic heterocycles. The number of hydrazone groups is 1. The molecule has 0 aliphatic rings. The van der Waals surface area contributed by atoms with Crippen LogP contribution < -0.4 is 10.7 Å². The Kier molecular flexibility index (Phi) is 8.08. The number of nitrogens with zero attached hydrogens (tertiary/aromatic N) is 2. The van der Waals surface area contributed by atoms with Crippen LogP contribution in [-0.4, -0.2) is 29.0 Å². The smallest absolute Gasteiger partial charge is 0.273 e. The lowest BCUT2D eigenvalue weighted by atomic mass is 10.0. The van der Waals surface area contributed by atoms with Gasteiger partial charge in [0, 0.05) is 22.8 Å². The van der Waals surface area contributed by atoms with Crippen LogP contribution in [0.15, 0.2) is 64.1 Å². The van der Waals surface area contributed by atoms with E-state index in [0.717, 1.165) is 0 Å². The fraction of sp³-hybridized carbons (Fsp3) is 0.240. The maximum absolute atomic E-state index is 13.1. The van der Waals surface area contributed by atoms with E-state index in [4.69, 9.17) is 4.42 Å². The van der Waals surface area contributed by atoms with Gasteiger partial charge in [-0.05, 0) is 55.7 Å². The summed E-state index contributed by atoms with van der Waals surface area (Å²) >= 11 is 0. The molecule has 3 aromatic rings. The number of nitro groups is 1. The summed E-state index contributed by atoms with van der Waals surface area (Å²) in [5.74, 6) is -0.641. The van der Waals surface area contributed by atoms with Crippen molar-refractivity contribution in [1.82, 2.24) is 10.7 Å². The molecule has 1 heterocycles. The van der Waals surface area contributed by atoms with Gasteiger partial charge >= 0.3 is 0 Å². The zero-order valence-electron chi connectivity index (χ0n) is 19.4. The van der Waals surface area contributed by atoms with Crippen molar-refractivity contribution >= 4 is 23.7 Å². The second-order valence-corrected chi connectivity index (χ2v) is 8.31. The lowest BCUT2D eigenvalue weighted by molar-refractivity contribution is -0.385. The zero-order chi connectivity index (χ0) is 25.5. The molecular weight excluding hydrogens is 455 g/mol. The van der Waals surface area contributed by atoms with Crippen molar-refractivity contribution in [1.29, 1.82) is 0 Å². The minimum Gasteiger partial charge on any atom is -0.455 e. The van der Waals surface area contributed by atoms with Gasteiger partial charge in [0.25, 0.3) is 17.5 Å². The molecule has 10 heteroatoms. The molecule has 0 saturated heterocycles. The van der Waals surface area contributed by atoms with Crippen molar-refractivity contribution in [2.75, 3.05) is 0 Å². The molecule has 0 spiro atoms. The topological polar surface area (TPSA) is 127 Å². The first kappa shape index (κ1) is 25.3. The molecule has 0 saturated carbocycles.